The number of benzene rings is 1. The average Bonchev–Trinajstić information content (AvgIpc) is 2.30. The van der Waals surface area contributed by atoms with E-state index in [-0.39, 0.29) is 13.2 Å². The molecule has 0 bridgehead atoms. The van der Waals surface area contributed by atoms with Gasteiger partial charge in [-0.1, -0.05) is 0 Å². The highest BCUT2D eigenvalue weighted by molar-refractivity contribution is 5.93. The summed E-state index contributed by atoms with van der Waals surface area (Å²) in [5, 5.41) is 8.42. The van der Waals surface area contributed by atoms with Crippen LogP contribution in [0.15, 0.2) is 12.1 Å². The van der Waals surface area contributed by atoms with Crippen LogP contribution in [0.2, 0.25) is 0 Å². The van der Waals surface area contributed by atoms with Gasteiger partial charge in [0.05, 0.1) is 6.61 Å². The molecule has 4 nitrogen and oxygen atoms in total. The number of halogens is 3. The molecule has 0 saturated carbocycles. The van der Waals surface area contributed by atoms with Gasteiger partial charge in [-0.25, -0.2) is 18.7 Å². The first-order valence-electron chi connectivity index (χ1n) is 4.73. The van der Waals surface area contributed by atoms with Gasteiger partial charge in [0.2, 0.25) is 0 Å². The largest absolute Gasteiger partial charge is 0.396 e. The van der Waals surface area contributed by atoms with Gasteiger partial charge in [0.15, 0.2) is 17.5 Å². The molecule has 0 heterocycles. The van der Waals surface area contributed by atoms with Crippen LogP contribution in [-0.2, 0) is 4.84 Å². The molecule has 1 aromatic rings. The highest BCUT2D eigenvalue weighted by atomic mass is 19.2. The third-order valence-electron chi connectivity index (χ3n) is 1.82. The van der Waals surface area contributed by atoms with Crippen molar-refractivity contribution in [3.05, 3.63) is 35.1 Å². The van der Waals surface area contributed by atoms with Crippen LogP contribution in [0.5, 0.6) is 0 Å². The molecule has 0 aliphatic heterocycles. The SMILES string of the molecule is O=C(NOCCCO)c1cc(F)c(F)c(F)c1. The van der Waals surface area contributed by atoms with Crippen molar-refractivity contribution in [2.75, 3.05) is 13.2 Å². The van der Waals surface area contributed by atoms with E-state index in [1.54, 1.807) is 0 Å². The number of amides is 1. The predicted octanol–water partition coefficient (Wildman–Crippen LogP) is 1.15. The number of carbonyl (C=O) groups is 1. The second-order valence-electron chi connectivity index (χ2n) is 3.11. The van der Waals surface area contributed by atoms with Crippen molar-refractivity contribution in [2.24, 2.45) is 0 Å². The molecule has 94 valence electrons. The van der Waals surface area contributed by atoms with Gasteiger partial charge >= 0.3 is 0 Å². The molecule has 17 heavy (non-hydrogen) atoms. The number of aliphatic hydroxyl groups excluding tert-OH is 1. The van der Waals surface area contributed by atoms with E-state index in [2.05, 4.69) is 4.84 Å². The first-order valence-corrected chi connectivity index (χ1v) is 4.73. The van der Waals surface area contributed by atoms with Crippen LogP contribution in [0.4, 0.5) is 13.2 Å². The first-order chi connectivity index (χ1) is 8.06. The highest BCUT2D eigenvalue weighted by Crippen LogP contribution is 2.13. The Morgan fingerprint density at radius 3 is 2.41 bits per heavy atom. The molecule has 0 saturated heterocycles. The van der Waals surface area contributed by atoms with E-state index in [9.17, 15) is 18.0 Å². The second-order valence-corrected chi connectivity index (χ2v) is 3.11. The molecule has 1 amide bonds. The van der Waals surface area contributed by atoms with Crippen LogP contribution in [0, 0.1) is 17.5 Å². The van der Waals surface area contributed by atoms with Crippen LogP contribution in [0.25, 0.3) is 0 Å². The van der Waals surface area contributed by atoms with E-state index < -0.39 is 28.9 Å². The van der Waals surface area contributed by atoms with Gasteiger partial charge in [0.1, 0.15) is 0 Å². The van der Waals surface area contributed by atoms with Crippen molar-refractivity contribution in [2.45, 2.75) is 6.42 Å². The number of carbonyl (C=O) groups excluding carboxylic acids is 1. The summed E-state index contributed by atoms with van der Waals surface area (Å²) in [6.07, 6.45) is 0.298. The molecule has 0 spiro atoms. The minimum atomic E-state index is -1.64. The summed E-state index contributed by atoms with van der Waals surface area (Å²) in [7, 11) is 0. The normalized spacial score (nSPS) is 10.4. The molecule has 0 aliphatic carbocycles. The van der Waals surface area contributed by atoms with Crippen molar-refractivity contribution in [1.82, 2.24) is 5.48 Å². The van der Waals surface area contributed by atoms with Crippen molar-refractivity contribution in [3.8, 4) is 0 Å². The van der Waals surface area contributed by atoms with Gasteiger partial charge < -0.3 is 5.11 Å². The molecule has 1 rings (SSSR count). The van der Waals surface area contributed by atoms with E-state index in [0.717, 1.165) is 0 Å². The Balaban J connectivity index is 2.63. The van der Waals surface area contributed by atoms with Gasteiger partial charge in [0, 0.05) is 12.2 Å². The maximum Gasteiger partial charge on any atom is 0.275 e. The van der Waals surface area contributed by atoms with Crippen molar-refractivity contribution >= 4 is 5.91 Å². The van der Waals surface area contributed by atoms with Crippen molar-refractivity contribution in [1.29, 1.82) is 0 Å². The van der Waals surface area contributed by atoms with Crippen LogP contribution < -0.4 is 5.48 Å². The molecular formula is C10H10F3NO3. The minimum Gasteiger partial charge on any atom is -0.396 e. The van der Waals surface area contributed by atoms with E-state index in [0.29, 0.717) is 18.6 Å². The van der Waals surface area contributed by atoms with Crippen LogP contribution in [0.1, 0.15) is 16.8 Å². The first kappa shape index (κ1) is 13.5. The number of rotatable bonds is 5. The fourth-order valence-corrected chi connectivity index (χ4v) is 0.999. The predicted molar refractivity (Wildman–Crippen MR) is 51.4 cm³/mol. The van der Waals surface area contributed by atoms with E-state index in [1.165, 1.54) is 0 Å². The van der Waals surface area contributed by atoms with E-state index in [1.807, 2.05) is 5.48 Å². The number of hydrogen-bond acceptors (Lipinski definition) is 3. The zero-order chi connectivity index (χ0) is 12.8. The standard InChI is InChI=1S/C10H10F3NO3/c11-7-4-6(5-8(12)9(7)13)10(16)14-17-3-1-2-15/h4-5,15H,1-3H2,(H,14,16). The van der Waals surface area contributed by atoms with E-state index in [4.69, 9.17) is 5.11 Å². The Morgan fingerprint density at radius 2 is 1.88 bits per heavy atom. The lowest BCUT2D eigenvalue weighted by molar-refractivity contribution is 0.0261. The van der Waals surface area contributed by atoms with E-state index >= 15 is 0 Å². The van der Waals surface area contributed by atoms with Gasteiger partial charge in [-0.3, -0.25) is 9.63 Å². The Hall–Kier alpha value is -1.60. The van der Waals surface area contributed by atoms with Gasteiger partial charge in [-0.15, -0.1) is 0 Å². The summed E-state index contributed by atoms with van der Waals surface area (Å²) >= 11 is 0. The summed E-state index contributed by atoms with van der Waals surface area (Å²) in [4.78, 5) is 15.9. The molecule has 0 radical (unpaired) electrons. The molecule has 0 aliphatic rings. The Bertz CT molecular complexity index is 389. The zero-order valence-corrected chi connectivity index (χ0v) is 8.67. The molecule has 2 N–H and O–H groups in total. The Labute approximate surface area is 95.0 Å². The van der Waals surface area contributed by atoms with Crippen molar-refractivity contribution in [3.63, 3.8) is 0 Å². The Kier molecular flexibility index (Phi) is 4.92. The lowest BCUT2D eigenvalue weighted by Crippen LogP contribution is -2.25. The Morgan fingerprint density at radius 1 is 1.29 bits per heavy atom. The summed E-state index contributed by atoms with van der Waals surface area (Å²) in [5.74, 6) is -5.44. The number of hydrogen-bond donors (Lipinski definition) is 2. The topological polar surface area (TPSA) is 58.6 Å². The maximum atomic E-state index is 12.8. The minimum absolute atomic E-state index is 0.0500. The molecule has 0 aromatic heterocycles. The average molecular weight is 249 g/mol. The number of hydroxylamine groups is 1. The van der Waals surface area contributed by atoms with Crippen LogP contribution in [-0.4, -0.2) is 24.2 Å². The third-order valence-corrected chi connectivity index (χ3v) is 1.82. The summed E-state index contributed by atoms with van der Waals surface area (Å²) < 4.78 is 38.1. The molecular weight excluding hydrogens is 239 g/mol. The summed E-state index contributed by atoms with van der Waals surface area (Å²) in [5.41, 5.74) is 1.50. The lowest BCUT2D eigenvalue weighted by Gasteiger charge is -2.05. The molecule has 0 unspecified atom stereocenters. The fourth-order valence-electron chi connectivity index (χ4n) is 0.999. The number of nitrogens with one attached hydrogen (secondary N) is 1. The molecule has 0 fully saturated rings. The quantitative estimate of drug-likeness (QED) is 0.467. The summed E-state index contributed by atoms with van der Waals surface area (Å²) in [6, 6.07) is 1.12. The van der Waals surface area contributed by atoms with Gasteiger partial charge in [0.25, 0.3) is 5.91 Å². The van der Waals surface area contributed by atoms with Crippen LogP contribution in [0.3, 0.4) is 0 Å². The maximum absolute atomic E-state index is 12.8. The van der Waals surface area contributed by atoms with Crippen molar-refractivity contribution < 1.29 is 27.9 Å². The van der Waals surface area contributed by atoms with Gasteiger partial charge in [-0.2, -0.15) is 0 Å². The molecule has 0 atom stereocenters. The lowest BCUT2D eigenvalue weighted by atomic mass is 10.2. The monoisotopic (exact) mass is 249 g/mol. The van der Waals surface area contributed by atoms with Crippen LogP contribution >= 0.6 is 0 Å². The smallest absolute Gasteiger partial charge is 0.275 e. The molecule has 7 heteroatoms. The molecule has 1 aromatic carbocycles. The second kappa shape index (κ2) is 6.21. The van der Waals surface area contributed by atoms with Gasteiger partial charge in [-0.05, 0) is 18.6 Å². The fraction of sp³-hybridized carbons (Fsp3) is 0.300. The highest BCUT2D eigenvalue weighted by Gasteiger charge is 2.14. The number of aliphatic hydroxyl groups is 1. The summed E-state index contributed by atoms with van der Waals surface area (Å²) in [6.45, 7) is -0.0654. The third kappa shape index (κ3) is 3.72. The zero-order valence-electron chi connectivity index (χ0n) is 8.67.